The normalized spacial score (nSPS) is 11.4. The van der Waals surface area contributed by atoms with Crippen molar-refractivity contribution in [2.75, 3.05) is 11.9 Å². The van der Waals surface area contributed by atoms with Crippen LogP contribution in [0.25, 0.3) is 0 Å². The van der Waals surface area contributed by atoms with Gasteiger partial charge in [0.2, 0.25) is 0 Å². The van der Waals surface area contributed by atoms with Gasteiger partial charge in [-0.3, -0.25) is 9.48 Å². The van der Waals surface area contributed by atoms with Gasteiger partial charge < -0.3 is 10.1 Å². The molecule has 1 heterocycles. The third-order valence-corrected chi connectivity index (χ3v) is 3.25. The third-order valence-electron chi connectivity index (χ3n) is 3.25. The first kappa shape index (κ1) is 16.9. The second-order valence-electron chi connectivity index (χ2n) is 5.06. The number of anilines is 1. The average molecular weight is 327 g/mol. The van der Waals surface area contributed by atoms with E-state index < -0.39 is 18.7 Å². The largest absolute Gasteiger partial charge is 0.484 e. The van der Waals surface area contributed by atoms with Crippen molar-refractivity contribution in [1.29, 1.82) is 0 Å². The van der Waals surface area contributed by atoms with Crippen LogP contribution in [0.5, 0.6) is 5.75 Å². The fourth-order valence-electron chi connectivity index (χ4n) is 2.03. The first-order valence-corrected chi connectivity index (χ1v) is 6.78. The number of amides is 1. The smallest absolute Gasteiger partial charge is 0.422 e. The highest BCUT2D eigenvalue weighted by molar-refractivity contribution is 6.05. The lowest BCUT2D eigenvalue weighted by molar-refractivity contribution is -0.153. The molecule has 1 amide bonds. The van der Waals surface area contributed by atoms with Crippen LogP contribution in [0.1, 0.15) is 21.7 Å². The number of alkyl halides is 3. The molecule has 0 fully saturated rings. The van der Waals surface area contributed by atoms with Gasteiger partial charge in [0.05, 0.1) is 17.1 Å². The Morgan fingerprint density at radius 1 is 1.35 bits per heavy atom. The number of halogens is 3. The fourth-order valence-corrected chi connectivity index (χ4v) is 2.03. The highest BCUT2D eigenvalue weighted by Crippen LogP contribution is 2.22. The summed E-state index contributed by atoms with van der Waals surface area (Å²) in [5, 5.41) is 6.90. The van der Waals surface area contributed by atoms with E-state index in [-0.39, 0.29) is 11.3 Å². The van der Waals surface area contributed by atoms with Gasteiger partial charge in [-0.05, 0) is 32.0 Å². The van der Waals surface area contributed by atoms with Crippen LogP contribution in [0.3, 0.4) is 0 Å². The molecule has 0 spiro atoms. The summed E-state index contributed by atoms with van der Waals surface area (Å²) in [5.74, 6) is -0.462. The van der Waals surface area contributed by atoms with Crippen molar-refractivity contribution >= 4 is 11.6 Å². The van der Waals surface area contributed by atoms with Crippen molar-refractivity contribution in [1.82, 2.24) is 9.78 Å². The van der Waals surface area contributed by atoms with Crippen molar-refractivity contribution in [3.63, 3.8) is 0 Å². The number of aryl methyl sites for hydroxylation is 2. The predicted octanol–water partition coefficient (Wildman–Crippen LogP) is 3.23. The first-order chi connectivity index (χ1) is 10.7. The van der Waals surface area contributed by atoms with Gasteiger partial charge >= 0.3 is 6.18 Å². The van der Waals surface area contributed by atoms with Crippen molar-refractivity contribution in [3.05, 3.63) is 41.2 Å². The highest BCUT2D eigenvalue weighted by atomic mass is 19.4. The number of rotatable bonds is 4. The Balaban J connectivity index is 2.13. The summed E-state index contributed by atoms with van der Waals surface area (Å²) in [6, 6.07) is 5.59. The molecule has 0 saturated carbocycles. The molecule has 8 heteroatoms. The number of benzene rings is 1. The molecule has 5 nitrogen and oxygen atoms in total. The lowest BCUT2D eigenvalue weighted by Gasteiger charge is -2.10. The topological polar surface area (TPSA) is 56.2 Å². The molecule has 2 rings (SSSR count). The molecular formula is C15H16F3N3O2. The Bertz CT molecular complexity index is 723. The van der Waals surface area contributed by atoms with Crippen LogP contribution < -0.4 is 10.1 Å². The molecule has 2 aromatic rings. The van der Waals surface area contributed by atoms with Gasteiger partial charge in [0.1, 0.15) is 5.75 Å². The Morgan fingerprint density at radius 3 is 2.61 bits per heavy atom. The van der Waals surface area contributed by atoms with E-state index in [2.05, 4.69) is 15.2 Å². The predicted molar refractivity (Wildman–Crippen MR) is 78.6 cm³/mol. The van der Waals surface area contributed by atoms with E-state index in [1.54, 1.807) is 25.6 Å². The van der Waals surface area contributed by atoms with Gasteiger partial charge in [-0.15, -0.1) is 0 Å². The van der Waals surface area contributed by atoms with Gasteiger partial charge in [0.25, 0.3) is 5.91 Å². The molecule has 0 atom stereocenters. The first-order valence-electron chi connectivity index (χ1n) is 6.78. The van der Waals surface area contributed by atoms with Crippen LogP contribution in [-0.2, 0) is 7.05 Å². The molecule has 1 N–H and O–H groups in total. The van der Waals surface area contributed by atoms with Gasteiger partial charge in [-0.2, -0.15) is 18.3 Å². The third kappa shape index (κ3) is 4.24. The van der Waals surface area contributed by atoms with Crippen LogP contribution in [0.2, 0.25) is 0 Å². The minimum Gasteiger partial charge on any atom is -0.484 e. The van der Waals surface area contributed by atoms with Gasteiger partial charge in [-0.1, -0.05) is 6.07 Å². The van der Waals surface area contributed by atoms with Crippen molar-refractivity contribution in [2.45, 2.75) is 20.0 Å². The quantitative estimate of drug-likeness (QED) is 0.938. The lowest BCUT2D eigenvalue weighted by Crippen LogP contribution is -2.19. The average Bonchev–Trinajstić information content (AvgIpc) is 2.71. The van der Waals surface area contributed by atoms with Crippen LogP contribution >= 0.6 is 0 Å². The number of aromatic nitrogens is 2. The molecule has 0 aliphatic carbocycles. The van der Waals surface area contributed by atoms with Gasteiger partial charge in [-0.25, -0.2) is 0 Å². The Morgan fingerprint density at radius 2 is 2.04 bits per heavy atom. The summed E-state index contributed by atoms with van der Waals surface area (Å²) >= 11 is 0. The Hall–Kier alpha value is -2.51. The fraction of sp³-hybridized carbons (Fsp3) is 0.333. The molecule has 0 aliphatic rings. The summed E-state index contributed by atoms with van der Waals surface area (Å²) in [5.41, 5.74) is 2.22. The van der Waals surface area contributed by atoms with Crippen LogP contribution in [0.4, 0.5) is 18.9 Å². The number of nitrogens with zero attached hydrogens (tertiary/aromatic N) is 2. The van der Waals surface area contributed by atoms with E-state index in [4.69, 9.17) is 0 Å². The maximum Gasteiger partial charge on any atom is 0.422 e. The van der Waals surface area contributed by atoms with Crippen LogP contribution in [0, 0.1) is 13.8 Å². The summed E-state index contributed by atoms with van der Waals surface area (Å²) in [4.78, 5) is 12.3. The van der Waals surface area contributed by atoms with E-state index >= 15 is 0 Å². The van der Waals surface area contributed by atoms with Gasteiger partial charge in [0.15, 0.2) is 6.61 Å². The van der Waals surface area contributed by atoms with E-state index in [9.17, 15) is 18.0 Å². The van der Waals surface area contributed by atoms with E-state index in [1.807, 2.05) is 0 Å². The standard InChI is InChI=1S/C15H16F3N3O2/c1-9-13(10(2)21(3)20-9)19-14(22)11-5-4-6-12(7-11)23-8-15(16,17)18/h4-7H,8H2,1-3H3,(H,19,22). The summed E-state index contributed by atoms with van der Waals surface area (Å²) < 4.78 is 42.8. The molecule has 0 saturated heterocycles. The molecular weight excluding hydrogens is 311 g/mol. The Labute approximate surface area is 131 Å². The summed E-state index contributed by atoms with van der Waals surface area (Å²) in [7, 11) is 1.75. The van der Waals surface area contributed by atoms with Crippen molar-refractivity contribution in [3.8, 4) is 5.75 Å². The molecule has 1 aromatic carbocycles. The van der Waals surface area contributed by atoms with Crippen molar-refractivity contribution < 1.29 is 22.7 Å². The maximum atomic E-state index is 12.3. The Kier molecular flexibility index (Phi) is 4.63. The molecule has 23 heavy (non-hydrogen) atoms. The van der Waals surface area contributed by atoms with Gasteiger partial charge in [0, 0.05) is 12.6 Å². The molecule has 0 aliphatic heterocycles. The SMILES string of the molecule is Cc1nn(C)c(C)c1NC(=O)c1cccc(OCC(F)(F)F)c1. The zero-order chi connectivity index (χ0) is 17.2. The second-order valence-corrected chi connectivity index (χ2v) is 5.06. The minimum atomic E-state index is -4.43. The monoisotopic (exact) mass is 327 g/mol. The van der Waals surface area contributed by atoms with Crippen LogP contribution in [0.15, 0.2) is 24.3 Å². The molecule has 0 radical (unpaired) electrons. The highest BCUT2D eigenvalue weighted by Gasteiger charge is 2.28. The molecule has 0 unspecified atom stereocenters. The second kappa shape index (κ2) is 6.31. The molecule has 124 valence electrons. The van der Waals surface area contributed by atoms with E-state index in [0.717, 1.165) is 5.69 Å². The van der Waals surface area contributed by atoms with Crippen LogP contribution in [-0.4, -0.2) is 28.5 Å². The number of carbonyl (C=O) groups is 1. The number of hydrogen-bond acceptors (Lipinski definition) is 3. The zero-order valence-electron chi connectivity index (χ0n) is 12.9. The summed E-state index contributed by atoms with van der Waals surface area (Å²) in [6.45, 7) is 2.16. The van der Waals surface area contributed by atoms with E-state index in [0.29, 0.717) is 11.4 Å². The molecule has 0 bridgehead atoms. The lowest BCUT2D eigenvalue weighted by atomic mass is 10.2. The number of carbonyl (C=O) groups excluding carboxylic acids is 1. The summed E-state index contributed by atoms with van der Waals surface area (Å²) in [6.07, 6.45) is -4.43. The van der Waals surface area contributed by atoms with Crippen molar-refractivity contribution in [2.24, 2.45) is 7.05 Å². The zero-order valence-corrected chi connectivity index (χ0v) is 12.9. The number of ether oxygens (including phenoxy) is 1. The van der Waals surface area contributed by atoms with E-state index in [1.165, 1.54) is 24.3 Å². The maximum absolute atomic E-state index is 12.3. The minimum absolute atomic E-state index is 0.0189. The molecule has 1 aromatic heterocycles. The number of hydrogen-bond donors (Lipinski definition) is 1. The number of nitrogens with one attached hydrogen (secondary N) is 1.